The van der Waals surface area contributed by atoms with Crippen LogP contribution < -0.4 is 9.47 Å². The summed E-state index contributed by atoms with van der Waals surface area (Å²) in [7, 11) is 0. The first-order valence-corrected chi connectivity index (χ1v) is 11.1. The van der Waals surface area contributed by atoms with Gasteiger partial charge in [0.1, 0.15) is 5.78 Å². The lowest BCUT2D eigenvalue weighted by Gasteiger charge is -2.17. The Morgan fingerprint density at radius 3 is 2.48 bits per heavy atom. The summed E-state index contributed by atoms with van der Waals surface area (Å²) in [6.45, 7) is 6.77. The maximum Gasteiger partial charge on any atom is 0.231 e. The highest BCUT2D eigenvalue weighted by Gasteiger charge is 2.50. The molecule has 0 spiro atoms. The number of hydrogen-bond donors (Lipinski definition) is 0. The molecule has 0 aromatic heterocycles. The van der Waals surface area contributed by atoms with Gasteiger partial charge < -0.3 is 9.47 Å². The Hall–Kier alpha value is -3.07. The summed E-state index contributed by atoms with van der Waals surface area (Å²) in [4.78, 5) is 13.5. The van der Waals surface area contributed by atoms with E-state index >= 15 is 0 Å². The van der Waals surface area contributed by atoms with Crippen molar-refractivity contribution >= 4 is 5.78 Å². The molecule has 1 aliphatic heterocycles. The molecule has 3 heteroatoms. The topological polar surface area (TPSA) is 35.5 Å². The Kier molecular flexibility index (Phi) is 4.85. The molecule has 1 heterocycles. The van der Waals surface area contributed by atoms with E-state index in [2.05, 4.69) is 63.2 Å². The molecule has 2 aliphatic rings. The average Bonchev–Trinajstić information content (AvgIpc) is 3.46. The van der Waals surface area contributed by atoms with Crippen LogP contribution >= 0.6 is 0 Å². The molecule has 31 heavy (non-hydrogen) atoms. The van der Waals surface area contributed by atoms with Gasteiger partial charge in [0.05, 0.1) is 5.41 Å². The van der Waals surface area contributed by atoms with Gasteiger partial charge in [0.2, 0.25) is 6.79 Å². The Labute approximate surface area is 184 Å². The summed E-state index contributed by atoms with van der Waals surface area (Å²) in [5.74, 6) is 2.30. The number of fused-ring (bicyclic) bond motifs is 1. The van der Waals surface area contributed by atoms with Crippen LogP contribution in [0.5, 0.6) is 11.5 Å². The van der Waals surface area contributed by atoms with Crippen LogP contribution in [0.25, 0.3) is 11.1 Å². The van der Waals surface area contributed by atoms with Gasteiger partial charge in [-0.2, -0.15) is 0 Å². The van der Waals surface area contributed by atoms with Crippen LogP contribution in [0, 0.1) is 6.92 Å². The Bertz CT molecular complexity index is 1150. The van der Waals surface area contributed by atoms with Crippen LogP contribution in [0.1, 0.15) is 54.9 Å². The summed E-state index contributed by atoms with van der Waals surface area (Å²) in [6.07, 6.45) is 2.26. The van der Waals surface area contributed by atoms with Crippen molar-refractivity contribution in [3.05, 3.63) is 82.9 Å². The number of ether oxygens (including phenoxy) is 2. The summed E-state index contributed by atoms with van der Waals surface area (Å²) >= 11 is 0. The zero-order chi connectivity index (χ0) is 21.6. The van der Waals surface area contributed by atoms with Crippen molar-refractivity contribution in [2.24, 2.45) is 0 Å². The minimum absolute atomic E-state index is 0.254. The van der Waals surface area contributed by atoms with E-state index in [0.717, 1.165) is 35.5 Å². The fraction of sp³-hybridized carbons (Fsp3) is 0.321. The maximum atomic E-state index is 13.5. The van der Waals surface area contributed by atoms with E-state index in [1.807, 2.05) is 18.2 Å². The lowest BCUT2D eigenvalue weighted by atomic mass is 9.86. The highest BCUT2D eigenvalue weighted by atomic mass is 16.7. The molecule has 5 rings (SSSR count). The normalized spacial score (nSPS) is 15.9. The molecule has 1 aliphatic carbocycles. The van der Waals surface area contributed by atoms with Gasteiger partial charge in [-0.25, -0.2) is 0 Å². The quantitative estimate of drug-likeness (QED) is 0.473. The molecule has 158 valence electrons. The van der Waals surface area contributed by atoms with Gasteiger partial charge >= 0.3 is 0 Å². The number of Topliss-reactive ketones (excluding diaryl/α,β-unsaturated/α-hetero) is 1. The Morgan fingerprint density at radius 2 is 1.71 bits per heavy atom. The van der Waals surface area contributed by atoms with E-state index in [9.17, 15) is 4.79 Å². The third-order valence-electron chi connectivity index (χ3n) is 6.80. The minimum Gasteiger partial charge on any atom is -0.454 e. The number of carbonyl (C=O) groups is 1. The second-order valence-corrected chi connectivity index (χ2v) is 9.17. The molecular weight excluding hydrogens is 384 g/mol. The molecule has 0 unspecified atom stereocenters. The van der Waals surface area contributed by atoms with Crippen molar-refractivity contribution in [3.8, 4) is 22.6 Å². The van der Waals surface area contributed by atoms with Crippen LogP contribution in [0.15, 0.2) is 60.7 Å². The third kappa shape index (κ3) is 3.63. The molecule has 0 N–H and O–H groups in total. The molecule has 0 atom stereocenters. The number of rotatable bonds is 6. The third-order valence-corrected chi connectivity index (χ3v) is 6.80. The SMILES string of the molecule is Cc1ccc(-c2cccc(C(C)C)c2)cc1CC(=O)C1(c2ccc3c(c2)OCO3)CC1. The van der Waals surface area contributed by atoms with Crippen molar-refractivity contribution in [1.82, 2.24) is 0 Å². The maximum absolute atomic E-state index is 13.5. The zero-order valence-electron chi connectivity index (χ0n) is 18.4. The first-order chi connectivity index (χ1) is 15.0. The summed E-state index contributed by atoms with van der Waals surface area (Å²) in [6, 6.07) is 21.2. The van der Waals surface area contributed by atoms with Gasteiger partial charge in [-0.15, -0.1) is 0 Å². The molecule has 1 saturated carbocycles. The molecule has 3 nitrogen and oxygen atoms in total. The minimum atomic E-state index is -0.374. The Balaban J connectivity index is 1.42. The van der Waals surface area contributed by atoms with Crippen LogP contribution in [-0.2, 0) is 16.6 Å². The predicted octanol–water partition coefficient (Wildman–Crippen LogP) is 6.36. The molecule has 0 bridgehead atoms. The number of ketones is 1. The first-order valence-electron chi connectivity index (χ1n) is 11.1. The van der Waals surface area contributed by atoms with E-state index < -0.39 is 0 Å². The monoisotopic (exact) mass is 412 g/mol. The van der Waals surface area contributed by atoms with Crippen molar-refractivity contribution in [1.29, 1.82) is 0 Å². The number of aryl methyl sites for hydroxylation is 1. The number of carbonyl (C=O) groups excluding carboxylic acids is 1. The lowest BCUT2D eigenvalue weighted by molar-refractivity contribution is -0.120. The zero-order valence-corrected chi connectivity index (χ0v) is 18.4. The summed E-state index contributed by atoms with van der Waals surface area (Å²) in [5, 5.41) is 0. The summed E-state index contributed by atoms with van der Waals surface area (Å²) in [5.41, 5.74) is 6.67. The number of hydrogen-bond acceptors (Lipinski definition) is 3. The van der Waals surface area contributed by atoms with Gasteiger partial charge in [-0.1, -0.05) is 62.4 Å². The van der Waals surface area contributed by atoms with Crippen molar-refractivity contribution < 1.29 is 14.3 Å². The van der Waals surface area contributed by atoms with E-state index in [-0.39, 0.29) is 12.2 Å². The van der Waals surface area contributed by atoms with Gasteiger partial charge in [-0.3, -0.25) is 4.79 Å². The highest BCUT2D eigenvalue weighted by molar-refractivity contribution is 5.95. The molecule has 3 aromatic rings. The van der Waals surface area contributed by atoms with E-state index in [1.54, 1.807) is 0 Å². The molecule has 1 fully saturated rings. The fourth-order valence-corrected chi connectivity index (χ4v) is 4.51. The van der Waals surface area contributed by atoms with Crippen molar-refractivity contribution in [2.45, 2.75) is 51.4 Å². The largest absolute Gasteiger partial charge is 0.454 e. The second kappa shape index (κ2) is 7.56. The highest BCUT2D eigenvalue weighted by Crippen LogP contribution is 2.51. The van der Waals surface area contributed by atoms with Crippen LogP contribution in [0.4, 0.5) is 0 Å². The fourth-order valence-electron chi connectivity index (χ4n) is 4.51. The molecular formula is C28H28O3. The summed E-state index contributed by atoms with van der Waals surface area (Å²) < 4.78 is 11.0. The van der Waals surface area contributed by atoms with Crippen molar-refractivity contribution in [2.75, 3.05) is 6.79 Å². The molecule has 0 amide bonds. The van der Waals surface area contributed by atoms with Crippen LogP contribution in [-0.4, -0.2) is 12.6 Å². The van der Waals surface area contributed by atoms with Crippen molar-refractivity contribution in [3.63, 3.8) is 0 Å². The van der Waals surface area contributed by atoms with Crippen LogP contribution in [0.2, 0.25) is 0 Å². The van der Waals surface area contributed by atoms with Gasteiger partial charge in [0, 0.05) is 6.42 Å². The first kappa shape index (κ1) is 19.9. The number of benzene rings is 3. The van der Waals surface area contributed by atoms with E-state index in [1.165, 1.54) is 22.3 Å². The van der Waals surface area contributed by atoms with Gasteiger partial charge in [0.25, 0.3) is 0 Å². The van der Waals surface area contributed by atoms with E-state index in [4.69, 9.17) is 9.47 Å². The molecule has 3 aromatic carbocycles. The predicted molar refractivity (Wildman–Crippen MR) is 123 cm³/mol. The Morgan fingerprint density at radius 1 is 0.935 bits per heavy atom. The lowest BCUT2D eigenvalue weighted by Crippen LogP contribution is -2.22. The van der Waals surface area contributed by atoms with Gasteiger partial charge in [-0.05, 0) is 71.2 Å². The molecule has 0 radical (unpaired) electrons. The average molecular weight is 413 g/mol. The molecule has 0 saturated heterocycles. The van der Waals surface area contributed by atoms with Crippen LogP contribution in [0.3, 0.4) is 0 Å². The van der Waals surface area contributed by atoms with E-state index in [0.29, 0.717) is 18.1 Å². The smallest absolute Gasteiger partial charge is 0.231 e. The standard InChI is InChI=1S/C28H28O3/c1-18(2)20-5-4-6-21(13-20)22-8-7-19(3)23(14-22)15-27(29)28(11-12-28)24-9-10-25-26(16-24)31-17-30-25/h4-10,13-14,16,18H,11-12,15,17H2,1-3H3. The second-order valence-electron chi connectivity index (χ2n) is 9.17. The van der Waals surface area contributed by atoms with Gasteiger partial charge in [0.15, 0.2) is 11.5 Å².